The lowest BCUT2D eigenvalue weighted by atomic mass is 10.5. The highest BCUT2D eigenvalue weighted by molar-refractivity contribution is 9.11. The van der Waals surface area contributed by atoms with Crippen molar-refractivity contribution in [2.45, 2.75) is 0 Å². The van der Waals surface area contributed by atoms with Gasteiger partial charge in [0, 0.05) is 5.33 Å². The molecule has 0 rings (SSSR count). The maximum absolute atomic E-state index is 3.53. The Bertz CT molecular complexity index is 129. The molecule has 0 unspecified atom stereocenters. The Labute approximate surface area is 66.2 Å². The van der Waals surface area contributed by atoms with E-state index in [0.717, 1.165) is 9.81 Å². The van der Waals surface area contributed by atoms with Gasteiger partial charge in [-0.05, 0) is 28.1 Å². The van der Waals surface area contributed by atoms with E-state index in [0.29, 0.717) is 0 Å². The molecule has 0 nitrogen and oxygen atoms in total. The quantitative estimate of drug-likeness (QED) is 0.394. The number of hydrogen-bond acceptors (Lipinski definition) is 0. The highest BCUT2D eigenvalue weighted by atomic mass is 79.9. The number of hydrogen-bond donors (Lipinski definition) is 0. The molecule has 0 spiro atoms. The van der Waals surface area contributed by atoms with Crippen LogP contribution in [0.4, 0.5) is 0 Å². The van der Waals surface area contributed by atoms with E-state index < -0.39 is 0 Å². The van der Waals surface area contributed by atoms with Gasteiger partial charge in [-0.2, -0.15) is 0 Å². The summed E-state index contributed by atoms with van der Waals surface area (Å²) in [4.78, 5) is 0. The molecular weight excluding hydrogens is 232 g/mol. The molecule has 44 valence electrons. The van der Waals surface area contributed by atoms with E-state index >= 15 is 0 Å². The van der Waals surface area contributed by atoms with Gasteiger partial charge in [-0.15, -0.1) is 5.73 Å². The Morgan fingerprint density at radius 2 is 2.38 bits per heavy atom. The molecule has 0 aliphatic heterocycles. The van der Waals surface area contributed by atoms with Crippen LogP contribution in [0.1, 0.15) is 0 Å². The van der Waals surface area contributed by atoms with Crippen LogP contribution in [-0.4, -0.2) is 5.33 Å². The molecule has 0 aromatic heterocycles. The van der Waals surface area contributed by atoms with Crippen LogP contribution in [0.25, 0.3) is 0 Å². The predicted molar refractivity (Wildman–Crippen MR) is 44.5 cm³/mol. The van der Waals surface area contributed by atoms with Crippen LogP contribution >= 0.6 is 31.9 Å². The Balaban J connectivity index is 3.91. The van der Waals surface area contributed by atoms with Gasteiger partial charge in [-0.25, -0.2) is 0 Å². The number of rotatable bonds is 2. The minimum atomic E-state index is 0.829. The van der Waals surface area contributed by atoms with Crippen molar-refractivity contribution in [3.8, 4) is 0 Å². The molecular formula is C6H6Br2. The Morgan fingerprint density at radius 3 is 2.75 bits per heavy atom. The van der Waals surface area contributed by atoms with Gasteiger partial charge in [0.25, 0.3) is 0 Å². The number of allylic oxidation sites excluding steroid dienone is 2. The van der Waals surface area contributed by atoms with Crippen molar-refractivity contribution < 1.29 is 0 Å². The van der Waals surface area contributed by atoms with Crippen LogP contribution < -0.4 is 0 Å². The Morgan fingerprint density at radius 1 is 1.75 bits per heavy atom. The highest BCUT2D eigenvalue weighted by Gasteiger charge is 1.71. The lowest BCUT2D eigenvalue weighted by Gasteiger charge is -1.74. The van der Waals surface area contributed by atoms with Crippen LogP contribution in [0.15, 0.2) is 28.9 Å². The van der Waals surface area contributed by atoms with Gasteiger partial charge in [0.05, 0.1) is 4.48 Å². The van der Waals surface area contributed by atoms with Gasteiger partial charge in [0.1, 0.15) is 0 Å². The minimum absolute atomic E-state index is 0.829. The first-order valence-corrected chi connectivity index (χ1v) is 4.01. The summed E-state index contributed by atoms with van der Waals surface area (Å²) in [6.07, 6.45) is 3.56. The molecule has 0 heterocycles. The monoisotopic (exact) mass is 236 g/mol. The summed E-state index contributed by atoms with van der Waals surface area (Å²) in [5.74, 6) is 0. The summed E-state index contributed by atoms with van der Waals surface area (Å²) in [6, 6.07) is 0. The van der Waals surface area contributed by atoms with Crippen molar-refractivity contribution >= 4 is 31.9 Å². The normalized spacial score (nSPS) is 7.25. The fourth-order valence-corrected chi connectivity index (χ4v) is 0.519. The molecule has 0 aromatic rings. The molecule has 0 atom stereocenters. The molecule has 0 aliphatic carbocycles. The van der Waals surface area contributed by atoms with Crippen LogP contribution in [0, 0.1) is 0 Å². The van der Waals surface area contributed by atoms with Gasteiger partial charge < -0.3 is 0 Å². The number of alkyl halides is 1. The van der Waals surface area contributed by atoms with E-state index in [1.165, 1.54) is 0 Å². The van der Waals surface area contributed by atoms with Gasteiger partial charge in [0.15, 0.2) is 0 Å². The average Bonchev–Trinajstić information content (AvgIpc) is 1.83. The summed E-state index contributed by atoms with van der Waals surface area (Å²) in [7, 11) is 0. The molecule has 0 bridgehead atoms. The molecule has 0 aliphatic rings. The zero-order chi connectivity index (χ0) is 6.41. The van der Waals surface area contributed by atoms with Crippen molar-refractivity contribution in [2.24, 2.45) is 0 Å². The fourth-order valence-electron chi connectivity index (χ4n) is 0.195. The first kappa shape index (κ1) is 8.22. The largest absolute Gasteiger partial charge is 0.109 e. The maximum atomic E-state index is 3.53. The van der Waals surface area contributed by atoms with Crippen molar-refractivity contribution in [3.05, 3.63) is 28.9 Å². The Kier molecular flexibility index (Phi) is 5.51. The molecule has 0 aromatic carbocycles. The molecule has 0 saturated carbocycles. The van der Waals surface area contributed by atoms with E-state index in [9.17, 15) is 0 Å². The second-order valence-electron chi connectivity index (χ2n) is 1.05. The second-order valence-corrected chi connectivity index (χ2v) is 2.56. The average molecular weight is 238 g/mol. The number of halogens is 2. The first-order valence-electron chi connectivity index (χ1n) is 2.10. The fraction of sp³-hybridized carbons (Fsp3) is 0.167. The SMILES string of the molecule is C=CC(Br)=C=CCBr. The van der Waals surface area contributed by atoms with E-state index in [1.807, 2.05) is 6.08 Å². The molecule has 8 heavy (non-hydrogen) atoms. The Hall–Kier alpha value is 0.220. The lowest BCUT2D eigenvalue weighted by Crippen LogP contribution is -1.54. The van der Waals surface area contributed by atoms with E-state index in [4.69, 9.17) is 0 Å². The van der Waals surface area contributed by atoms with E-state index in [-0.39, 0.29) is 0 Å². The van der Waals surface area contributed by atoms with Gasteiger partial charge in [-0.1, -0.05) is 22.5 Å². The second kappa shape index (κ2) is 5.36. The van der Waals surface area contributed by atoms with Crippen LogP contribution in [-0.2, 0) is 0 Å². The van der Waals surface area contributed by atoms with Gasteiger partial charge >= 0.3 is 0 Å². The third-order valence-corrected chi connectivity index (χ3v) is 1.37. The van der Waals surface area contributed by atoms with E-state index in [1.54, 1.807) is 6.08 Å². The van der Waals surface area contributed by atoms with Gasteiger partial charge in [-0.3, -0.25) is 0 Å². The summed E-state index contributed by atoms with van der Waals surface area (Å²) < 4.78 is 0.886. The van der Waals surface area contributed by atoms with E-state index in [2.05, 4.69) is 44.2 Å². The van der Waals surface area contributed by atoms with Crippen LogP contribution in [0.5, 0.6) is 0 Å². The van der Waals surface area contributed by atoms with Crippen molar-refractivity contribution in [3.63, 3.8) is 0 Å². The third-order valence-electron chi connectivity index (χ3n) is 0.496. The summed E-state index contributed by atoms with van der Waals surface area (Å²) >= 11 is 6.43. The molecule has 0 N–H and O–H groups in total. The molecule has 0 radical (unpaired) electrons. The summed E-state index contributed by atoms with van der Waals surface area (Å²) in [5.41, 5.74) is 2.93. The summed E-state index contributed by atoms with van der Waals surface area (Å²) in [6.45, 7) is 3.53. The molecule has 0 saturated heterocycles. The maximum Gasteiger partial charge on any atom is 0.0584 e. The predicted octanol–water partition coefficient (Wildman–Crippen LogP) is 3.00. The third kappa shape index (κ3) is 4.38. The lowest BCUT2D eigenvalue weighted by molar-refractivity contribution is 1.81. The molecule has 0 amide bonds. The topological polar surface area (TPSA) is 0 Å². The van der Waals surface area contributed by atoms with Crippen molar-refractivity contribution in [2.75, 3.05) is 5.33 Å². The van der Waals surface area contributed by atoms with Gasteiger partial charge in [0.2, 0.25) is 0 Å². The standard InChI is InChI=1S/C6H6Br2/c1-2-6(8)4-3-5-7/h2-3H,1,5H2. The van der Waals surface area contributed by atoms with Crippen molar-refractivity contribution in [1.29, 1.82) is 0 Å². The zero-order valence-electron chi connectivity index (χ0n) is 4.32. The minimum Gasteiger partial charge on any atom is -0.109 e. The summed E-state index contributed by atoms with van der Waals surface area (Å²) in [5, 5.41) is 0.829. The zero-order valence-corrected chi connectivity index (χ0v) is 7.50. The van der Waals surface area contributed by atoms with Crippen LogP contribution in [0.3, 0.4) is 0 Å². The molecule has 2 heteroatoms. The smallest absolute Gasteiger partial charge is 0.0584 e. The van der Waals surface area contributed by atoms with Crippen LogP contribution in [0.2, 0.25) is 0 Å². The first-order chi connectivity index (χ1) is 3.81. The highest BCUT2D eigenvalue weighted by Crippen LogP contribution is 2.01. The molecule has 0 fully saturated rings. The van der Waals surface area contributed by atoms with Crippen molar-refractivity contribution in [1.82, 2.24) is 0 Å².